The van der Waals surface area contributed by atoms with Crippen LogP contribution in [0, 0.1) is 0 Å². The molecule has 1 aromatic rings. The SMILES string of the molecule is COCCNc1sc(C(C)=O)c(N)c1C1CC1. The predicted octanol–water partition coefficient (Wildman–Crippen LogP) is 2.47. The van der Waals surface area contributed by atoms with E-state index in [0.717, 1.165) is 17.1 Å². The lowest BCUT2D eigenvalue weighted by Gasteiger charge is -2.06. The average molecular weight is 254 g/mol. The van der Waals surface area contributed by atoms with Crippen molar-refractivity contribution in [3.63, 3.8) is 0 Å². The molecule has 0 unspecified atom stereocenters. The number of nitrogen functional groups attached to an aromatic ring is 1. The summed E-state index contributed by atoms with van der Waals surface area (Å²) in [6.07, 6.45) is 2.36. The van der Waals surface area contributed by atoms with E-state index >= 15 is 0 Å². The Labute approximate surface area is 105 Å². The van der Waals surface area contributed by atoms with Gasteiger partial charge in [0.05, 0.1) is 22.2 Å². The van der Waals surface area contributed by atoms with Gasteiger partial charge in [-0.25, -0.2) is 0 Å². The molecular weight excluding hydrogens is 236 g/mol. The second kappa shape index (κ2) is 5.06. The Morgan fingerprint density at radius 2 is 2.29 bits per heavy atom. The fourth-order valence-electron chi connectivity index (χ4n) is 1.89. The highest BCUT2D eigenvalue weighted by molar-refractivity contribution is 7.18. The zero-order valence-electron chi connectivity index (χ0n) is 10.2. The number of Topliss-reactive ketones (excluding diaryl/α,β-unsaturated/α-hetero) is 1. The predicted molar refractivity (Wildman–Crippen MR) is 71.1 cm³/mol. The number of rotatable bonds is 6. The number of hydrogen-bond donors (Lipinski definition) is 2. The minimum atomic E-state index is 0.0502. The molecule has 94 valence electrons. The van der Waals surface area contributed by atoms with Gasteiger partial charge in [-0.15, -0.1) is 11.3 Å². The number of ketones is 1. The van der Waals surface area contributed by atoms with Crippen LogP contribution in [0.1, 0.15) is 40.9 Å². The molecule has 0 saturated heterocycles. The third-order valence-corrected chi connectivity index (χ3v) is 4.16. The van der Waals surface area contributed by atoms with Gasteiger partial charge in [0.15, 0.2) is 5.78 Å². The Morgan fingerprint density at radius 1 is 1.59 bits per heavy atom. The quantitative estimate of drug-likeness (QED) is 0.604. The fourth-order valence-corrected chi connectivity index (χ4v) is 3.02. The second-order valence-corrected chi connectivity index (χ2v) is 5.36. The second-order valence-electron chi connectivity index (χ2n) is 4.34. The zero-order valence-corrected chi connectivity index (χ0v) is 11.0. The van der Waals surface area contributed by atoms with E-state index in [4.69, 9.17) is 10.5 Å². The van der Waals surface area contributed by atoms with Crippen LogP contribution >= 0.6 is 11.3 Å². The summed E-state index contributed by atoms with van der Waals surface area (Å²) in [6.45, 7) is 2.96. The van der Waals surface area contributed by atoms with Gasteiger partial charge in [-0.05, 0) is 18.8 Å². The van der Waals surface area contributed by atoms with Gasteiger partial charge >= 0.3 is 0 Å². The van der Waals surface area contributed by atoms with Crippen molar-refractivity contribution in [1.82, 2.24) is 0 Å². The number of nitrogens with one attached hydrogen (secondary N) is 1. The van der Waals surface area contributed by atoms with Crippen molar-refractivity contribution in [1.29, 1.82) is 0 Å². The molecule has 0 amide bonds. The molecule has 1 heterocycles. The lowest BCUT2D eigenvalue weighted by molar-refractivity contribution is 0.102. The van der Waals surface area contributed by atoms with E-state index in [1.54, 1.807) is 14.0 Å². The molecule has 0 atom stereocenters. The van der Waals surface area contributed by atoms with Crippen molar-refractivity contribution in [2.24, 2.45) is 0 Å². The van der Waals surface area contributed by atoms with Gasteiger partial charge < -0.3 is 15.8 Å². The highest BCUT2D eigenvalue weighted by atomic mass is 32.1. The van der Waals surface area contributed by atoms with Crippen molar-refractivity contribution in [2.45, 2.75) is 25.7 Å². The monoisotopic (exact) mass is 254 g/mol. The molecule has 0 radical (unpaired) electrons. The standard InChI is InChI=1S/C12H18N2O2S/c1-7(15)11-10(13)9(8-3-4-8)12(17-11)14-5-6-16-2/h8,14H,3-6,13H2,1-2H3. The molecule has 0 bridgehead atoms. The van der Waals surface area contributed by atoms with Gasteiger partial charge in [-0.2, -0.15) is 0 Å². The Kier molecular flexibility index (Phi) is 3.69. The van der Waals surface area contributed by atoms with E-state index in [-0.39, 0.29) is 5.78 Å². The van der Waals surface area contributed by atoms with Crippen LogP contribution < -0.4 is 11.1 Å². The van der Waals surface area contributed by atoms with E-state index in [1.807, 2.05) is 0 Å². The summed E-state index contributed by atoms with van der Waals surface area (Å²) >= 11 is 1.47. The number of nitrogens with two attached hydrogens (primary N) is 1. The Bertz CT molecular complexity index is 424. The fraction of sp³-hybridized carbons (Fsp3) is 0.583. The third kappa shape index (κ3) is 2.61. The van der Waals surface area contributed by atoms with Crippen LogP contribution in [0.2, 0.25) is 0 Å². The molecule has 0 aromatic carbocycles. The van der Waals surface area contributed by atoms with Crippen LogP contribution in [0.5, 0.6) is 0 Å². The summed E-state index contributed by atoms with van der Waals surface area (Å²) in [5.41, 5.74) is 7.90. The van der Waals surface area contributed by atoms with E-state index in [1.165, 1.54) is 24.2 Å². The number of thiophene rings is 1. The molecule has 1 saturated carbocycles. The van der Waals surface area contributed by atoms with Gasteiger partial charge in [0.1, 0.15) is 0 Å². The van der Waals surface area contributed by atoms with Crippen molar-refractivity contribution >= 4 is 27.8 Å². The van der Waals surface area contributed by atoms with Gasteiger partial charge in [0.2, 0.25) is 0 Å². The van der Waals surface area contributed by atoms with E-state index < -0.39 is 0 Å². The first-order valence-electron chi connectivity index (χ1n) is 5.81. The van der Waals surface area contributed by atoms with Crippen molar-refractivity contribution in [2.75, 3.05) is 31.3 Å². The minimum Gasteiger partial charge on any atom is -0.397 e. The third-order valence-electron chi connectivity index (χ3n) is 2.88. The number of anilines is 2. The molecule has 5 heteroatoms. The number of carbonyl (C=O) groups excluding carboxylic acids is 1. The van der Waals surface area contributed by atoms with Crippen molar-refractivity contribution < 1.29 is 9.53 Å². The summed E-state index contributed by atoms with van der Waals surface area (Å²) in [4.78, 5) is 12.2. The molecule has 3 N–H and O–H groups in total. The van der Waals surface area contributed by atoms with Gasteiger partial charge in [0, 0.05) is 26.1 Å². The van der Waals surface area contributed by atoms with Crippen LogP contribution in [-0.2, 0) is 4.74 Å². The summed E-state index contributed by atoms with van der Waals surface area (Å²) in [5, 5.41) is 4.36. The number of carbonyl (C=O) groups is 1. The highest BCUT2D eigenvalue weighted by Gasteiger charge is 2.32. The number of methoxy groups -OCH3 is 1. The first-order valence-corrected chi connectivity index (χ1v) is 6.62. The number of ether oxygens (including phenoxy) is 1. The molecular formula is C12H18N2O2S. The summed E-state index contributed by atoms with van der Waals surface area (Å²) < 4.78 is 5.01. The molecule has 1 aromatic heterocycles. The van der Waals surface area contributed by atoms with Gasteiger partial charge in [0.25, 0.3) is 0 Å². The smallest absolute Gasteiger partial charge is 0.171 e. The van der Waals surface area contributed by atoms with Crippen LogP contribution in [0.25, 0.3) is 0 Å². The lowest BCUT2D eigenvalue weighted by Crippen LogP contribution is -2.07. The lowest BCUT2D eigenvalue weighted by atomic mass is 10.1. The van der Waals surface area contributed by atoms with E-state index in [2.05, 4.69) is 5.32 Å². The number of hydrogen-bond acceptors (Lipinski definition) is 5. The topological polar surface area (TPSA) is 64.3 Å². The van der Waals surface area contributed by atoms with Crippen molar-refractivity contribution in [3.8, 4) is 0 Å². The van der Waals surface area contributed by atoms with Crippen molar-refractivity contribution in [3.05, 3.63) is 10.4 Å². The van der Waals surface area contributed by atoms with Crippen LogP contribution in [0.15, 0.2) is 0 Å². The first-order chi connectivity index (χ1) is 8.15. The van der Waals surface area contributed by atoms with Crippen LogP contribution in [-0.4, -0.2) is 26.0 Å². The molecule has 1 aliphatic rings. The summed E-state index contributed by atoms with van der Waals surface area (Å²) in [7, 11) is 1.67. The molecule has 4 nitrogen and oxygen atoms in total. The van der Waals surface area contributed by atoms with E-state index in [9.17, 15) is 4.79 Å². The van der Waals surface area contributed by atoms with Gasteiger partial charge in [-0.1, -0.05) is 0 Å². The molecule has 17 heavy (non-hydrogen) atoms. The average Bonchev–Trinajstić information content (AvgIpc) is 3.04. The maximum absolute atomic E-state index is 11.5. The zero-order chi connectivity index (χ0) is 12.4. The summed E-state index contributed by atoms with van der Waals surface area (Å²) in [6, 6.07) is 0. The molecule has 0 aliphatic heterocycles. The molecule has 1 fully saturated rings. The molecule has 1 aliphatic carbocycles. The Balaban J connectivity index is 2.23. The maximum Gasteiger partial charge on any atom is 0.171 e. The normalized spacial score (nSPS) is 14.9. The van der Waals surface area contributed by atoms with E-state index in [0.29, 0.717) is 23.1 Å². The maximum atomic E-state index is 11.5. The Morgan fingerprint density at radius 3 is 2.82 bits per heavy atom. The largest absolute Gasteiger partial charge is 0.397 e. The first kappa shape index (κ1) is 12.4. The Hall–Kier alpha value is -1.07. The van der Waals surface area contributed by atoms with Crippen LogP contribution in [0.4, 0.5) is 10.7 Å². The summed E-state index contributed by atoms with van der Waals surface area (Å²) in [5.74, 6) is 0.596. The highest BCUT2D eigenvalue weighted by Crippen LogP contribution is 2.50. The minimum absolute atomic E-state index is 0.0502. The molecule has 0 spiro atoms. The van der Waals surface area contributed by atoms with Gasteiger partial charge in [-0.3, -0.25) is 4.79 Å². The van der Waals surface area contributed by atoms with Crippen LogP contribution in [0.3, 0.4) is 0 Å². The molecule has 2 rings (SSSR count).